The molecule has 3 N–H and O–H groups in total. The molecule has 0 heterocycles. The van der Waals surface area contributed by atoms with Crippen molar-refractivity contribution in [3.63, 3.8) is 0 Å². The van der Waals surface area contributed by atoms with Gasteiger partial charge in [-0.15, -0.1) is 0 Å². The summed E-state index contributed by atoms with van der Waals surface area (Å²) in [5.41, 5.74) is -0.0529. The first kappa shape index (κ1) is 15.3. The molecule has 0 saturated heterocycles. The van der Waals surface area contributed by atoms with Crippen molar-refractivity contribution in [2.24, 2.45) is 0 Å². The summed E-state index contributed by atoms with van der Waals surface area (Å²) >= 11 is 0. The van der Waals surface area contributed by atoms with Crippen LogP contribution in [0.3, 0.4) is 0 Å². The van der Waals surface area contributed by atoms with E-state index in [9.17, 15) is 15.0 Å². The van der Waals surface area contributed by atoms with Crippen molar-refractivity contribution in [1.29, 1.82) is 0 Å². The van der Waals surface area contributed by atoms with Crippen LogP contribution in [0.25, 0.3) is 0 Å². The van der Waals surface area contributed by atoms with Gasteiger partial charge in [0, 0.05) is 6.04 Å². The molecular weight excluding hydrogens is 242 g/mol. The average Bonchev–Trinajstić information content (AvgIpc) is 2.34. The van der Waals surface area contributed by atoms with E-state index in [0.717, 1.165) is 12.8 Å². The van der Waals surface area contributed by atoms with Crippen molar-refractivity contribution in [1.82, 2.24) is 5.32 Å². The third kappa shape index (κ3) is 4.81. The van der Waals surface area contributed by atoms with Crippen LogP contribution in [0.4, 0.5) is 0 Å². The molecule has 0 saturated carbocycles. The van der Waals surface area contributed by atoms with Gasteiger partial charge in [-0.2, -0.15) is 0 Å². The predicted octanol–water partition coefficient (Wildman–Crippen LogP) is 3.19. The number of carbonyl (C=O) groups is 1. The largest absolute Gasteiger partial charge is 0.507 e. The Kier molecular flexibility index (Phi) is 6.19. The normalized spacial score (nSPS) is 12.1. The fourth-order valence-corrected chi connectivity index (χ4v) is 2.01. The highest BCUT2D eigenvalue weighted by Gasteiger charge is 2.17. The predicted molar refractivity (Wildman–Crippen MR) is 75.5 cm³/mol. The van der Waals surface area contributed by atoms with E-state index in [1.165, 1.54) is 37.5 Å². The van der Waals surface area contributed by atoms with E-state index in [0.29, 0.717) is 0 Å². The van der Waals surface area contributed by atoms with Gasteiger partial charge in [0.25, 0.3) is 5.91 Å². The fourth-order valence-electron chi connectivity index (χ4n) is 2.01. The first-order chi connectivity index (χ1) is 9.06. The molecule has 4 heteroatoms. The van der Waals surface area contributed by atoms with Crippen LogP contribution < -0.4 is 5.32 Å². The summed E-state index contributed by atoms with van der Waals surface area (Å²) in [6, 6.07) is 4.31. The minimum Gasteiger partial charge on any atom is -0.507 e. The number of carbonyl (C=O) groups excluding carboxylic acids is 1. The maximum atomic E-state index is 12.0. The summed E-state index contributed by atoms with van der Waals surface area (Å²) in [4.78, 5) is 12.0. The third-order valence-electron chi connectivity index (χ3n) is 3.12. The zero-order valence-corrected chi connectivity index (χ0v) is 11.6. The Morgan fingerprint density at radius 1 is 1.21 bits per heavy atom. The van der Waals surface area contributed by atoms with Crippen molar-refractivity contribution in [3.8, 4) is 11.5 Å². The number of aromatic hydroxyl groups is 2. The Morgan fingerprint density at radius 3 is 2.42 bits per heavy atom. The second-order valence-corrected chi connectivity index (χ2v) is 4.90. The molecule has 1 unspecified atom stereocenters. The Bertz CT molecular complexity index is 398. The van der Waals surface area contributed by atoms with Gasteiger partial charge >= 0.3 is 0 Å². The molecule has 1 amide bonds. The molecule has 0 fully saturated rings. The number of hydrogen-bond acceptors (Lipinski definition) is 3. The monoisotopic (exact) mass is 265 g/mol. The van der Waals surface area contributed by atoms with E-state index in [4.69, 9.17) is 0 Å². The molecule has 1 rings (SSSR count). The highest BCUT2D eigenvalue weighted by atomic mass is 16.3. The number of benzene rings is 1. The molecule has 0 aliphatic heterocycles. The summed E-state index contributed by atoms with van der Waals surface area (Å²) in [5, 5.41) is 22.0. The number of amides is 1. The standard InChI is InChI=1S/C15H23NO3/c1-3-4-5-6-8-11(2)16-15(19)14-12(17)9-7-10-13(14)18/h7,9-11,17-18H,3-6,8H2,1-2H3,(H,16,19). The maximum Gasteiger partial charge on any atom is 0.259 e. The van der Waals surface area contributed by atoms with Crippen LogP contribution in [0.5, 0.6) is 11.5 Å². The topological polar surface area (TPSA) is 69.6 Å². The van der Waals surface area contributed by atoms with Gasteiger partial charge < -0.3 is 15.5 Å². The second-order valence-electron chi connectivity index (χ2n) is 4.90. The number of unbranched alkanes of at least 4 members (excludes halogenated alkanes) is 3. The summed E-state index contributed by atoms with van der Waals surface area (Å²) in [6.45, 7) is 4.09. The number of phenols is 2. The summed E-state index contributed by atoms with van der Waals surface area (Å²) in [7, 11) is 0. The van der Waals surface area contributed by atoms with Gasteiger partial charge in [-0.05, 0) is 25.5 Å². The van der Waals surface area contributed by atoms with Crippen LogP contribution in [-0.4, -0.2) is 22.2 Å². The van der Waals surface area contributed by atoms with Crippen molar-refractivity contribution in [2.45, 2.75) is 52.0 Å². The molecule has 1 aromatic rings. The minimum atomic E-state index is -0.432. The van der Waals surface area contributed by atoms with E-state index in [2.05, 4.69) is 12.2 Å². The van der Waals surface area contributed by atoms with E-state index >= 15 is 0 Å². The Morgan fingerprint density at radius 2 is 1.84 bits per heavy atom. The molecule has 1 aromatic carbocycles. The lowest BCUT2D eigenvalue weighted by atomic mass is 10.1. The lowest BCUT2D eigenvalue weighted by Gasteiger charge is -2.15. The molecule has 19 heavy (non-hydrogen) atoms. The molecule has 0 aliphatic rings. The number of hydrogen-bond donors (Lipinski definition) is 3. The van der Waals surface area contributed by atoms with Crippen LogP contribution in [0.2, 0.25) is 0 Å². The van der Waals surface area contributed by atoms with Crippen molar-refractivity contribution >= 4 is 5.91 Å². The molecule has 0 aliphatic carbocycles. The number of phenolic OH excluding ortho intramolecular Hbond substituents is 2. The van der Waals surface area contributed by atoms with Gasteiger partial charge in [0.1, 0.15) is 17.1 Å². The van der Waals surface area contributed by atoms with E-state index in [1.54, 1.807) is 0 Å². The first-order valence-corrected chi connectivity index (χ1v) is 6.88. The van der Waals surface area contributed by atoms with Crippen LogP contribution >= 0.6 is 0 Å². The second kappa shape index (κ2) is 7.67. The third-order valence-corrected chi connectivity index (χ3v) is 3.12. The summed E-state index contributed by atoms with van der Waals surface area (Å²) < 4.78 is 0. The highest BCUT2D eigenvalue weighted by Crippen LogP contribution is 2.26. The summed E-state index contributed by atoms with van der Waals surface area (Å²) in [6.07, 6.45) is 5.54. The van der Waals surface area contributed by atoms with Gasteiger partial charge in [-0.25, -0.2) is 0 Å². The zero-order valence-electron chi connectivity index (χ0n) is 11.6. The van der Waals surface area contributed by atoms with Gasteiger partial charge in [0.2, 0.25) is 0 Å². The Labute approximate surface area is 114 Å². The van der Waals surface area contributed by atoms with Gasteiger partial charge in [-0.3, -0.25) is 4.79 Å². The minimum absolute atomic E-state index is 0.0309. The van der Waals surface area contributed by atoms with Crippen LogP contribution in [-0.2, 0) is 0 Å². The SMILES string of the molecule is CCCCCCC(C)NC(=O)c1c(O)cccc1O. The van der Waals surface area contributed by atoms with Crippen molar-refractivity contribution < 1.29 is 15.0 Å². The first-order valence-electron chi connectivity index (χ1n) is 6.88. The molecule has 0 radical (unpaired) electrons. The number of rotatable bonds is 7. The smallest absolute Gasteiger partial charge is 0.259 e. The average molecular weight is 265 g/mol. The van der Waals surface area contributed by atoms with Crippen molar-refractivity contribution in [2.75, 3.05) is 0 Å². The van der Waals surface area contributed by atoms with Crippen LogP contribution in [0.15, 0.2) is 18.2 Å². The van der Waals surface area contributed by atoms with Gasteiger partial charge in [-0.1, -0.05) is 38.7 Å². The lowest BCUT2D eigenvalue weighted by molar-refractivity contribution is 0.0932. The maximum absolute atomic E-state index is 12.0. The zero-order chi connectivity index (χ0) is 14.3. The Hall–Kier alpha value is -1.71. The lowest BCUT2D eigenvalue weighted by Crippen LogP contribution is -2.32. The molecule has 1 atom stereocenters. The molecule has 0 bridgehead atoms. The quantitative estimate of drug-likeness (QED) is 0.663. The van der Waals surface area contributed by atoms with Crippen LogP contribution in [0.1, 0.15) is 56.3 Å². The van der Waals surface area contributed by atoms with E-state index in [1.807, 2.05) is 6.92 Å². The molecule has 0 spiro atoms. The molecular formula is C15H23NO3. The molecule has 106 valence electrons. The molecule has 0 aromatic heterocycles. The van der Waals surface area contributed by atoms with Crippen molar-refractivity contribution in [3.05, 3.63) is 23.8 Å². The van der Waals surface area contributed by atoms with Gasteiger partial charge in [0.05, 0.1) is 0 Å². The fraction of sp³-hybridized carbons (Fsp3) is 0.533. The van der Waals surface area contributed by atoms with Crippen LogP contribution in [0, 0.1) is 0 Å². The van der Waals surface area contributed by atoms with Gasteiger partial charge in [0.15, 0.2) is 0 Å². The highest BCUT2D eigenvalue weighted by molar-refractivity contribution is 5.99. The number of nitrogens with one attached hydrogen (secondary N) is 1. The van der Waals surface area contributed by atoms with E-state index in [-0.39, 0.29) is 23.1 Å². The molecule has 4 nitrogen and oxygen atoms in total. The summed E-state index contributed by atoms with van der Waals surface area (Å²) in [5.74, 6) is -0.829. The Balaban J connectivity index is 2.50. The van der Waals surface area contributed by atoms with E-state index < -0.39 is 5.91 Å².